The van der Waals surface area contributed by atoms with Gasteiger partial charge in [-0.3, -0.25) is 0 Å². The fraction of sp³-hybridized carbons (Fsp3) is 0.250. The number of alkyl halides is 1. The largest absolute Gasteiger partial charge is 0.344 e. The van der Waals surface area contributed by atoms with Crippen LogP contribution in [0.15, 0.2) is 42.5 Å². The van der Waals surface area contributed by atoms with Crippen LogP contribution in [0, 0.1) is 13.8 Å². The molecule has 0 amide bonds. The van der Waals surface area contributed by atoms with Gasteiger partial charge in [0.1, 0.15) is 0 Å². The van der Waals surface area contributed by atoms with Crippen LogP contribution in [-0.2, 0) is 5.88 Å². The van der Waals surface area contributed by atoms with Crippen molar-refractivity contribution in [1.82, 2.24) is 0 Å². The van der Waals surface area contributed by atoms with Gasteiger partial charge >= 0.3 is 0 Å². The highest BCUT2D eigenvalue weighted by molar-refractivity contribution is 6.17. The zero-order valence-electron chi connectivity index (χ0n) is 11.1. The van der Waals surface area contributed by atoms with Gasteiger partial charge < -0.3 is 4.90 Å². The summed E-state index contributed by atoms with van der Waals surface area (Å²) >= 11 is 5.86. The third-order valence-corrected chi connectivity index (χ3v) is 3.56. The number of para-hydroxylation sites is 1. The average Bonchev–Trinajstić information content (AvgIpc) is 2.38. The first-order valence-electron chi connectivity index (χ1n) is 6.08. The van der Waals surface area contributed by atoms with Crippen molar-refractivity contribution in [3.05, 3.63) is 59.2 Å². The number of benzene rings is 2. The molecule has 1 nitrogen and oxygen atoms in total. The van der Waals surface area contributed by atoms with E-state index in [1.54, 1.807) is 0 Å². The van der Waals surface area contributed by atoms with Crippen LogP contribution in [0.25, 0.3) is 0 Å². The van der Waals surface area contributed by atoms with Crippen molar-refractivity contribution in [3.63, 3.8) is 0 Å². The molecule has 0 fully saturated rings. The molecule has 94 valence electrons. The smallest absolute Gasteiger partial charge is 0.0474 e. The molecule has 0 N–H and O–H groups in total. The highest BCUT2D eigenvalue weighted by atomic mass is 35.5. The maximum atomic E-state index is 5.86. The molecule has 0 saturated carbocycles. The molecule has 0 aliphatic heterocycles. The van der Waals surface area contributed by atoms with E-state index < -0.39 is 0 Å². The summed E-state index contributed by atoms with van der Waals surface area (Å²) < 4.78 is 0. The zero-order valence-corrected chi connectivity index (χ0v) is 11.8. The number of anilines is 2. The van der Waals surface area contributed by atoms with E-state index in [2.05, 4.69) is 68.3 Å². The topological polar surface area (TPSA) is 3.24 Å². The summed E-state index contributed by atoms with van der Waals surface area (Å²) in [6, 6.07) is 14.8. The van der Waals surface area contributed by atoms with Crippen LogP contribution in [0.1, 0.15) is 16.7 Å². The number of halogens is 1. The van der Waals surface area contributed by atoms with E-state index >= 15 is 0 Å². The number of hydrogen-bond donors (Lipinski definition) is 0. The summed E-state index contributed by atoms with van der Waals surface area (Å²) in [5.41, 5.74) is 6.15. The molecule has 0 atom stereocenters. The number of nitrogens with zero attached hydrogens (tertiary/aromatic N) is 1. The first kappa shape index (κ1) is 13.0. The summed E-state index contributed by atoms with van der Waals surface area (Å²) in [4.78, 5) is 2.22. The Hall–Kier alpha value is -1.47. The van der Waals surface area contributed by atoms with Crippen molar-refractivity contribution in [2.75, 3.05) is 11.9 Å². The lowest BCUT2D eigenvalue weighted by atomic mass is 10.1. The van der Waals surface area contributed by atoms with Gasteiger partial charge in [-0.25, -0.2) is 0 Å². The van der Waals surface area contributed by atoms with Crippen molar-refractivity contribution < 1.29 is 0 Å². The predicted molar refractivity (Wildman–Crippen MR) is 80.0 cm³/mol. The summed E-state index contributed by atoms with van der Waals surface area (Å²) in [7, 11) is 2.10. The Labute approximate surface area is 114 Å². The Bertz CT molecular complexity index is 549. The fourth-order valence-electron chi connectivity index (χ4n) is 2.25. The van der Waals surface area contributed by atoms with Crippen LogP contribution in [0.3, 0.4) is 0 Å². The van der Waals surface area contributed by atoms with E-state index in [0.717, 1.165) is 5.56 Å². The van der Waals surface area contributed by atoms with Crippen molar-refractivity contribution in [2.45, 2.75) is 19.7 Å². The van der Waals surface area contributed by atoms with Crippen LogP contribution in [0.2, 0.25) is 0 Å². The number of rotatable bonds is 3. The number of hydrogen-bond acceptors (Lipinski definition) is 1. The summed E-state index contributed by atoms with van der Waals surface area (Å²) in [6.45, 7) is 4.26. The standard InChI is InChI=1S/C16H18ClN/c1-12-6-4-5-7-15(12)18(3)16-9-8-14(11-17)10-13(16)2/h4-10H,11H2,1-3H3. The van der Waals surface area contributed by atoms with Crippen LogP contribution >= 0.6 is 11.6 Å². The Kier molecular flexibility index (Phi) is 3.93. The first-order valence-corrected chi connectivity index (χ1v) is 6.62. The lowest BCUT2D eigenvalue weighted by Gasteiger charge is -2.23. The molecule has 0 unspecified atom stereocenters. The van der Waals surface area contributed by atoms with Gasteiger partial charge in [0.25, 0.3) is 0 Å². The average molecular weight is 260 g/mol. The minimum absolute atomic E-state index is 0.565. The summed E-state index contributed by atoms with van der Waals surface area (Å²) in [5.74, 6) is 0.565. The normalized spacial score (nSPS) is 10.4. The van der Waals surface area contributed by atoms with Gasteiger partial charge in [-0.15, -0.1) is 11.6 Å². The van der Waals surface area contributed by atoms with Gasteiger partial charge in [0.2, 0.25) is 0 Å². The molecule has 0 aromatic heterocycles. The molecule has 0 radical (unpaired) electrons. The second-order valence-electron chi connectivity index (χ2n) is 4.60. The molecule has 0 bridgehead atoms. The molecule has 0 saturated heterocycles. The minimum atomic E-state index is 0.565. The molecule has 18 heavy (non-hydrogen) atoms. The quantitative estimate of drug-likeness (QED) is 0.715. The second-order valence-corrected chi connectivity index (χ2v) is 4.87. The summed E-state index contributed by atoms with van der Waals surface area (Å²) in [6.07, 6.45) is 0. The van der Waals surface area contributed by atoms with E-state index in [0.29, 0.717) is 5.88 Å². The minimum Gasteiger partial charge on any atom is -0.344 e. The van der Waals surface area contributed by atoms with Gasteiger partial charge in [0, 0.05) is 24.3 Å². The molecule has 0 spiro atoms. The van der Waals surface area contributed by atoms with Gasteiger partial charge in [0.05, 0.1) is 0 Å². The lowest BCUT2D eigenvalue weighted by molar-refractivity contribution is 1.16. The third-order valence-electron chi connectivity index (χ3n) is 3.25. The third kappa shape index (κ3) is 2.51. The van der Waals surface area contributed by atoms with Crippen molar-refractivity contribution in [3.8, 4) is 0 Å². The Morgan fingerprint density at radius 1 is 0.944 bits per heavy atom. The van der Waals surface area contributed by atoms with Gasteiger partial charge in [-0.05, 0) is 42.7 Å². The monoisotopic (exact) mass is 259 g/mol. The van der Waals surface area contributed by atoms with E-state index in [4.69, 9.17) is 11.6 Å². The predicted octanol–water partition coefficient (Wildman–Crippen LogP) is 4.81. The molecule has 2 aromatic carbocycles. The van der Waals surface area contributed by atoms with Crippen LogP contribution < -0.4 is 4.90 Å². The van der Waals surface area contributed by atoms with Gasteiger partial charge in [0.15, 0.2) is 0 Å². The lowest BCUT2D eigenvalue weighted by Crippen LogP contribution is -2.12. The fourth-order valence-corrected chi connectivity index (χ4v) is 2.41. The molecule has 0 heterocycles. The Morgan fingerprint density at radius 3 is 2.22 bits per heavy atom. The van der Waals surface area contributed by atoms with Gasteiger partial charge in [-0.2, -0.15) is 0 Å². The second kappa shape index (κ2) is 5.45. The molecular weight excluding hydrogens is 242 g/mol. The zero-order chi connectivity index (χ0) is 13.1. The number of aryl methyl sites for hydroxylation is 2. The molecule has 0 aliphatic rings. The summed E-state index contributed by atoms with van der Waals surface area (Å²) in [5, 5.41) is 0. The van der Waals surface area contributed by atoms with Crippen molar-refractivity contribution in [1.29, 1.82) is 0 Å². The maximum Gasteiger partial charge on any atom is 0.0474 e. The van der Waals surface area contributed by atoms with Gasteiger partial charge in [-0.1, -0.05) is 30.3 Å². The highest BCUT2D eigenvalue weighted by Gasteiger charge is 2.09. The molecule has 0 aliphatic carbocycles. The van der Waals surface area contributed by atoms with Crippen molar-refractivity contribution >= 4 is 23.0 Å². The van der Waals surface area contributed by atoms with E-state index in [1.165, 1.54) is 22.5 Å². The maximum absolute atomic E-state index is 5.86. The molecule has 2 heteroatoms. The first-order chi connectivity index (χ1) is 8.63. The Balaban J connectivity index is 2.40. The molecule has 2 rings (SSSR count). The van der Waals surface area contributed by atoms with Crippen LogP contribution in [0.4, 0.5) is 11.4 Å². The van der Waals surface area contributed by atoms with E-state index in [9.17, 15) is 0 Å². The molecular formula is C16H18ClN. The highest BCUT2D eigenvalue weighted by Crippen LogP contribution is 2.29. The Morgan fingerprint density at radius 2 is 1.61 bits per heavy atom. The van der Waals surface area contributed by atoms with E-state index in [-0.39, 0.29) is 0 Å². The molecule has 2 aromatic rings. The SMILES string of the molecule is Cc1ccccc1N(C)c1ccc(CCl)cc1C. The van der Waals surface area contributed by atoms with Crippen molar-refractivity contribution in [2.24, 2.45) is 0 Å². The van der Waals surface area contributed by atoms with E-state index in [1.807, 2.05) is 0 Å². The van der Waals surface area contributed by atoms with Crippen LogP contribution in [-0.4, -0.2) is 7.05 Å². The van der Waals surface area contributed by atoms with Crippen LogP contribution in [0.5, 0.6) is 0 Å².